The maximum absolute atomic E-state index is 12.1. The fourth-order valence-corrected chi connectivity index (χ4v) is 2.04. The Balaban J connectivity index is 1.72. The topological polar surface area (TPSA) is 71.4 Å². The third kappa shape index (κ3) is 2.79. The number of anilines is 1. The van der Waals surface area contributed by atoms with Crippen LogP contribution in [-0.4, -0.2) is 12.7 Å². The maximum Gasteiger partial charge on any atom is 0.255 e. The number of amides is 1. The number of nitriles is 1. The molecular formula is C16H12N2O3. The number of nitrogens with one attached hydrogen (secondary N) is 1. The number of carbonyl (C=O) groups excluding carboxylic acids is 1. The molecule has 5 nitrogen and oxygen atoms in total. The standard InChI is InChI=1S/C16H12N2O3/c17-8-7-11-1-3-12(4-2-11)16(19)18-13-5-6-14-15(9-13)21-10-20-14/h1-6,9H,7,10H2,(H,18,19). The number of nitrogens with zero attached hydrogens (tertiary/aromatic N) is 1. The lowest BCUT2D eigenvalue weighted by molar-refractivity contribution is 0.102. The van der Waals surface area contributed by atoms with Gasteiger partial charge in [-0.3, -0.25) is 4.79 Å². The molecule has 0 radical (unpaired) electrons. The van der Waals surface area contributed by atoms with E-state index in [9.17, 15) is 4.79 Å². The number of rotatable bonds is 3. The Bertz CT molecular complexity index is 717. The third-order valence-electron chi connectivity index (χ3n) is 3.13. The van der Waals surface area contributed by atoms with Gasteiger partial charge in [-0.05, 0) is 29.8 Å². The van der Waals surface area contributed by atoms with Gasteiger partial charge in [-0.15, -0.1) is 0 Å². The van der Waals surface area contributed by atoms with Crippen LogP contribution in [0.3, 0.4) is 0 Å². The predicted octanol–water partition coefficient (Wildman–Crippen LogP) is 2.73. The van der Waals surface area contributed by atoms with Gasteiger partial charge in [-0.25, -0.2) is 0 Å². The van der Waals surface area contributed by atoms with Crippen molar-refractivity contribution in [1.82, 2.24) is 0 Å². The highest BCUT2D eigenvalue weighted by molar-refractivity contribution is 6.04. The largest absolute Gasteiger partial charge is 0.454 e. The molecule has 0 fully saturated rings. The maximum atomic E-state index is 12.1. The second-order valence-electron chi connectivity index (χ2n) is 4.55. The summed E-state index contributed by atoms with van der Waals surface area (Å²) in [6.07, 6.45) is 0.337. The van der Waals surface area contributed by atoms with Crippen LogP contribution in [0.25, 0.3) is 0 Å². The van der Waals surface area contributed by atoms with Crippen LogP contribution in [0.5, 0.6) is 11.5 Å². The van der Waals surface area contributed by atoms with Crippen LogP contribution < -0.4 is 14.8 Å². The first-order chi connectivity index (χ1) is 10.3. The number of ether oxygens (including phenoxy) is 2. The third-order valence-corrected chi connectivity index (χ3v) is 3.13. The van der Waals surface area contributed by atoms with Crippen LogP contribution in [0.1, 0.15) is 15.9 Å². The van der Waals surface area contributed by atoms with Gasteiger partial charge >= 0.3 is 0 Å². The first-order valence-corrected chi connectivity index (χ1v) is 6.43. The summed E-state index contributed by atoms with van der Waals surface area (Å²) in [5.41, 5.74) is 2.07. The van der Waals surface area contributed by atoms with Crippen molar-refractivity contribution in [2.45, 2.75) is 6.42 Å². The zero-order valence-corrected chi connectivity index (χ0v) is 11.1. The number of hydrogen-bond donors (Lipinski definition) is 1. The van der Waals surface area contributed by atoms with E-state index in [0.717, 1.165) is 5.56 Å². The highest BCUT2D eigenvalue weighted by Crippen LogP contribution is 2.34. The molecule has 5 heteroatoms. The number of fused-ring (bicyclic) bond motifs is 1. The van der Waals surface area contributed by atoms with E-state index in [1.165, 1.54) is 0 Å². The first-order valence-electron chi connectivity index (χ1n) is 6.43. The van der Waals surface area contributed by atoms with Crippen LogP contribution in [0.15, 0.2) is 42.5 Å². The molecule has 0 saturated carbocycles. The molecule has 1 N–H and O–H groups in total. The van der Waals surface area contributed by atoms with Gasteiger partial charge in [0.25, 0.3) is 5.91 Å². The molecule has 0 aliphatic carbocycles. The molecule has 2 aromatic carbocycles. The minimum atomic E-state index is -0.211. The molecule has 0 atom stereocenters. The molecule has 3 rings (SSSR count). The van der Waals surface area contributed by atoms with E-state index in [1.54, 1.807) is 42.5 Å². The monoisotopic (exact) mass is 280 g/mol. The van der Waals surface area contributed by atoms with Crippen LogP contribution in [-0.2, 0) is 6.42 Å². The zero-order valence-electron chi connectivity index (χ0n) is 11.1. The molecule has 1 heterocycles. The van der Waals surface area contributed by atoms with Gasteiger partial charge in [0.05, 0.1) is 12.5 Å². The van der Waals surface area contributed by atoms with E-state index in [2.05, 4.69) is 11.4 Å². The molecule has 1 aliphatic heterocycles. The average Bonchev–Trinajstić information content (AvgIpc) is 2.96. The van der Waals surface area contributed by atoms with Crippen molar-refractivity contribution < 1.29 is 14.3 Å². The second-order valence-corrected chi connectivity index (χ2v) is 4.55. The van der Waals surface area contributed by atoms with Gasteiger partial charge in [0.2, 0.25) is 6.79 Å². The molecule has 0 aromatic heterocycles. The van der Waals surface area contributed by atoms with Crippen molar-refractivity contribution in [1.29, 1.82) is 5.26 Å². The fraction of sp³-hybridized carbons (Fsp3) is 0.125. The molecule has 104 valence electrons. The van der Waals surface area contributed by atoms with Crippen molar-refractivity contribution in [3.8, 4) is 17.6 Å². The molecule has 2 aromatic rings. The smallest absolute Gasteiger partial charge is 0.255 e. The number of benzene rings is 2. The van der Waals surface area contributed by atoms with Crippen molar-refractivity contribution >= 4 is 11.6 Å². The van der Waals surface area contributed by atoms with Crippen LogP contribution in [0, 0.1) is 11.3 Å². The Morgan fingerprint density at radius 2 is 1.90 bits per heavy atom. The van der Waals surface area contributed by atoms with Crippen molar-refractivity contribution in [2.24, 2.45) is 0 Å². The van der Waals surface area contributed by atoms with Gasteiger partial charge in [-0.1, -0.05) is 12.1 Å². The summed E-state index contributed by atoms with van der Waals surface area (Å²) < 4.78 is 10.5. The van der Waals surface area contributed by atoms with E-state index in [0.29, 0.717) is 29.2 Å². The van der Waals surface area contributed by atoms with E-state index >= 15 is 0 Å². The molecule has 0 spiro atoms. The first kappa shape index (κ1) is 13.0. The molecule has 1 aliphatic rings. The molecule has 0 unspecified atom stereocenters. The van der Waals surface area contributed by atoms with E-state index in [-0.39, 0.29) is 12.7 Å². The van der Waals surface area contributed by atoms with Gasteiger partial charge in [-0.2, -0.15) is 5.26 Å². The van der Waals surface area contributed by atoms with Gasteiger partial charge in [0.15, 0.2) is 11.5 Å². The highest BCUT2D eigenvalue weighted by atomic mass is 16.7. The minimum Gasteiger partial charge on any atom is -0.454 e. The van der Waals surface area contributed by atoms with E-state index in [1.807, 2.05) is 0 Å². The lowest BCUT2D eigenvalue weighted by Crippen LogP contribution is -2.11. The van der Waals surface area contributed by atoms with Crippen LogP contribution >= 0.6 is 0 Å². The summed E-state index contributed by atoms with van der Waals surface area (Å²) in [6.45, 7) is 0.201. The number of carbonyl (C=O) groups is 1. The summed E-state index contributed by atoms with van der Waals surface area (Å²) in [5.74, 6) is 1.09. The van der Waals surface area contributed by atoms with Gasteiger partial charge < -0.3 is 14.8 Å². The summed E-state index contributed by atoms with van der Waals surface area (Å²) >= 11 is 0. The normalized spacial score (nSPS) is 11.8. The second kappa shape index (κ2) is 5.55. The van der Waals surface area contributed by atoms with E-state index < -0.39 is 0 Å². The molecule has 0 saturated heterocycles. The quantitative estimate of drug-likeness (QED) is 0.938. The zero-order chi connectivity index (χ0) is 14.7. The van der Waals surface area contributed by atoms with Crippen LogP contribution in [0.4, 0.5) is 5.69 Å². The van der Waals surface area contributed by atoms with Crippen molar-refractivity contribution in [3.05, 3.63) is 53.6 Å². The van der Waals surface area contributed by atoms with Crippen molar-refractivity contribution in [2.75, 3.05) is 12.1 Å². The number of hydrogen-bond acceptors (Lipinski definition) is 4. The predicted molar refractivity (Wildman–Crippen MR) is 76.3 cm³/mol. The Morgan fingerprint density at radius 1 is 1.14 bits per heavy atom. The lowest BCUT2D eigenvalue weighted by Gasteiger charge is -2.06. The Labute approximate surface area is 121 Å². The molecule has 0 bridgehead atoms. The fourth-order valence-electron chi connectivity index (χ4n) is 2.04. The average molecular weight is 280 g/mol. The van der Waals surface area contributed by atoms with E-state index in [4.69, 9.17) is 14.7 Å². The van der Waals surface area contributed by atoms with Gasteiger partial charge in [0.1, 0.15) is 0 Å². The molecule has 1 amide bonds. The highest BCUT2D eigenvalue weighted by Gasteiger charge is 2.14. The molecule has 21 heavy (non-hydrogen) atoms. The minimum absolute atomic E-state index is 0.201. The Morgan fingerprint density at radius 3 is 2.67 bits per heavy atom. The Hall–Kier alpha value is -3.00. The summed E-state index contributed by atoms with van der Waals surface area (Å²) in [5, 5.41) is 11.4. The van der Waals surface area contributed by atoms with Gasteiger partial charge in [0, 0.05) is 17.3 Å². The lowest BCUT2D eigenvalue weighted by atomic mass is 10.1. The molecular weight excluding hydrogens is 268 g/mol. The summed E-state index contributed by atoms with van der Waals surface area (Å²) in [7, 11) is 0. The van der Waals surface area contributed by atoms with Crippen LogP contribution in [0.2, 0.25) is 0 Å². The Kier molecular flexibility index (Phi) is 3.44. The summed E-state index contributed by atoms with van der Waals surface area (Å²) in [6, 6.07) is 14.3. The SMILES string of the molecule is N#CCc1ccc(C(=O)Nc2ccc3c(c2)OCO3)cc1. The van der Waals surface area contributed by atoms with Crippen molar-refractivity contribution in [3.63, 3.8) is 0 Å². The summed E-state index contributed by atoms with van der Waals surface area (Å²) in [4.78, 5) is 12.1.